The Balaban J connectivity index is 1.86. The number of amides is 1. The summed E-state index contributed by atoms with van der Waals surface area (Å²) in [6.45, 7) is 1.87. The molecule has 0 aliphatic heterocycles. The second-order valence-electron chi connectivity index (χ2n) is 6.60. The average molecular weight is 407 g/mol. The molecule has 4 aromatic rings. The maximum atomic E-state index is 13.6. The molecule has 0 unspecified atom stereocenters. The smallest absolute Gasteiger partial charge is 0.262 e. The number of phenols is 1. The number of phenolic OH excluding ortho intramolecular Hbond substituents is 1. The van der Waals surface area contributed by atoms with Gasteiger partial charge < -0.3 is 14.8 Å². The molecule has 2 N–H and O–H groups in total. The van der Waals surface area contributed by atoms with E-state index in [0.717, 1.165) is 17.7 Å². The van der Waals surface area contributed by atoms with Crippen molar-refractivity contribution in [1.82, 2.24) is 4.98 Å². The van der Waals surface area contributed by atoms with Gasteiger partial charge in [0.25, 0.3) is 5.91 Å². The lowest BCUT2D eigenvalue weighted by Gasteiger charge is -2.07. The second-order valence-corrected chi connectivity index (χ2v) is 6.60. The number of pyridine rings is 1. The Labute approximate surface area is 169 Å². The van der Waals surface area contributed by atoms with Crippen molar-refractivity contribution < 1.29 is 23.1 Å². The molecule has 150 valence electrons. The van der Waals surface area contributed by atoms with Crippen LogP contribution in [0.4, 0.5) is 20.3 Å². The Morgan fingerprint density at radius 3 is 2.53 bits per heavy atom. The van der Waals surface area contributed by atoms with Crippen LogP contribution in [0.15, 0.2) is 70.2 Å². The predicted octanol–water partition coefficient (Wildman–Crippen LogP) is 4.60. The number of halogens is 2. The number of hydrogen-bond donors (Lipinski definition) is 2. The number of rotatable bonds is 3. The SMILES string of the molecule is Cc1ccc(NC(=O)c2cc3ccc(O)cc3oc2=Nc2cc(F)cc(F)c2)nc1. The number of nitrogens with zero attached hydrogens (tertiary/aromatic N) is 2. The molecule has 6 nitrogen and oxygen atoms in total. The van der Waals surface area contributed by atoms with E-state index in [1.54, 1.807) is 24.4 Å². The first-order chi connectivity index (χ1) is 14.4. The molecule has 0 fully saturated rings. The maximum absolute atomic E-state index is 13.6. The number of fused-ring (bicyclic) bond motifs is 1. The van der Waals surface area contributed by atoms with Crippen LogP contribution in [0, 0.1) is 18.6 Å². The molecular formula is C22H15F2N3O3. The molecule has 2 aromatic carbocycles. The highest BCUT2D eigenvalue weighted by atomic mass is 19.1. The van der Waals surface area contributed by atoms with Crippen LogP contribution in [0.3, 0.4) is 0 Å². The van der Waals surface area contributed by atoms with Crippen molar-refractivity contribution in [3.05, 3.63) is 89.1 Å². The van der Waals surface area contributed by atoms with Gasteiger partial charge in [-0.1, -0.05) is 6.07 Å². The van der Waals surface area contributed by atoms with E-state index in [9.17, 15) is 18.7 Å². The van der Waals surface area contributed by atoms with Gasteiger partial charge in [-0.15, -0.1) is 0 Å². The molecule has 4 rings (SSSR count). The number of nitrogens with one attached hydrogen (secondary N) is 1. The molecule has 0 aliphatic rings. The summed E-state index contributed by atoms with van der Waals surface area (Å²) in [6, 6.07) is 12.0. The van der Waals surface area contributed by atoms with Crippen molar-refractivity contribution in [2.45, 2.75) is 6.92 Å². The molecule has 0 radical (unpaired) electrons. The van der Waals surface area contributed by atoms with Gasteiger partial charge in [-0.05, 0) is 48.9 Å². The van der Waals surface area contributed by atoms with Gasteiger partial charge >= 0.3 is 0 Å². The van der Waals surface area contributed by atoms with Crippen LogP contribution in [-0.2, 0) is 0 Å². The van der Waals surface area contributed by atoms with Crippen molar-refractivity contribution in [2.75, 3.05) is 5.32 Å². The maximum Gasteiger partial charge on any atom is 0.262 e. The average Bonchev–Trinajstić information content (AvgIpc) is 2.68. The summed E-state index contributed by atoms with van der Waals surface area (Å²) < 4.78 is 32.8. The van der Waals surface area contributed by atoms with Crippen molar-refractivity contribution >= 4 is 28.4 Å². The fourth-order valence-electron chi connectivity index (χ4n) is 2.80. The van der Waals surface area contributed by atoms with Crippen LogP contribution >= 0.6 is 0 Å². The number of aromatic nitrogens is 1. The van der Waals surface area contributed by atoms with E-state index < -0.39 is 17.5 Å². The van der Waals surface area contributed by atoms with Crippen molar-refractivity contribution in [3.63, 3.8) is 0 Å². The van der Waals surface area contributed by atoms with Gasteiger partial charge in [-0.2, -0.15) is 0 Å². The third kappa shape index (κ3) is 4.17. The number of anilines is 1. The molecule has 0 atom stereocenters. The highest BCUT2D eigenvalue weighted by molar-refractivity contribution is 6.05. The summed E-state index contributed by atoms with van der Waals surface area (Å²) in [6.07, 6.45) is 1.60. The van der Waals surface area contributed by atoms with Gasteiger partial charge in [0, 0.05) is 23.7 Å². The Hall–Kier alpha value is -4.07. The summed E-state index contributed by atoms with van der Waals surface area (Å²) in [7, 11) is 0. The van der Waals surface area contributed by atoms with E-state index >= 15 is 0 Å². The third-order valence-corrected chi connectivity index (χ3v) is 4.21. The molecule has 2 heterocycles. The van der Waals surface area contributed by atoms with Crippen LogP contribution in [0.25, 0.3) is 11.0 Å². The Bertz CT molecular complexity index is 1310. The van der Waals surface area contributed by atoms with Gasteiger partial charge in [-0.3, -0.25) is 4.79 Å². The predicted molar refractivity (Wildman–Crippen MR) is 106 cm³/mol. The summed E-state index contributed by atoms with van der Waals surface area (Å²) in [5, 5.41) is 12.9. The van der Waals surface area contributed by atoms with Crippen LogP contribution < -0.4 is 10.9 Å². The zero-order chi connectivity index (χ0) is 21.3. The lowest BCUT2D eigenvalue weighted by atomic mass is 10.1. The van der Waals surface area contributed by atoms with E-state index in [4.69, 9.17) is 4.42 Å². The minimum absolute atomic E-state index is 0.0280. The third-order valence-electron chi connectivity index (χ3n) is 4.21. The topological polar surface area (TPSA) is 87.7 Å². The molecule has 0 spiro atoms. The van der Waals surface area contributed by atoms with Crippen LogP contribution in [-0.4, -0.2) is 16.0 Å². The van der Waals surface area contributed by atoms with E-state index in [2.05, 4.69) is 15.3 Å². The zero-order valence-electron chi connectivity index (χ0n) is 15.7. The summed E-state index contributed by atoms with van der Waals surface area (Å²) in [5.74, 6) is -1.93. The molecular weight excluding hydrogens is 392 g/mol. The van der Waals surface area contributed by atoms with Gasteiger partial charge in [0.1, 0.15) is 34.3 Å². The highest BCUT2D eigenvalue weighted by Gasteiger charge is 2.14. The van der Waals surface area contributed by atoms with E-state index in [1.807, 2.05) is 6.92 Å². The fraction of sp³-hybridized carbons (Fsp3) is 0.0455. The largest absolute Gasteiger partial charge is 0.508 e. The molecule has 1 amide bonds. The highest BCUT2D eigenvalue weighted by Crippen LogP contribution is 2.21. The van der Waals surface area contributed by atoms with Crippen LogP contribution in [0.5, 0.6) is 5.75 Å². The molecule has 0 aliphatic carbocycles. The molecule has 8 heteroatoms. The lowest BCUT2D eigenvalue weighted by molar-refractivity contribution is 0.102. The molecule has 2 aromatic heterocycles. The number of aryl methyl sites for hydroxylation is 1. The van der Waals surface area contributed by atoms with Crippen molar-refractivity contribution in [1.29, 1.82) is 0 Å². The van der Waals surface area contributed by atoms with E-state index in [1.165, 1.54) is 18.2 Å². The molecule has 30 heavy (non-hydrogen) atoms. The van der Waals surface area contributed by atoms with E-state index in [0.29, 0.717) is 17.3 Å². The fourth-order valence-corrected chi connectivity index (χ4v) is 2.80. The summed E-state index contributed by atoms with van der Waals surface area (Å²) in [4.78, 5) is 21.1. The van der Waals surface area contributed by atoms with E-state index in [-0.39, 0.29) is 28.1 Å². The number of hydrogen-bond acceptors (Lipinski definition) is 5. The molecule has 0 bridgehead atoms. The lowest BCUT2D eigenvalue weighted by Crippen LogP contribution is -2.22. The second kappa shape index (κ2) is 7.75. The van der Waals surface area contributed by atoms with Crippen molar-refractivity contribution in [2.24, 2.45) is 4.99 Å². The van der Waals surface area contributed by atoms with Gasteiger partial charge in [0.05, 0.1) is 5.69 Å². The summed E-state index contributed by atoms with van der Waals surface area (Å²) in [5.41, 5.74) is 0.953. The quantitative estimate of drug-likeness (QED) is 0.519. The first-order valence-corrected chi connectivity index (χ1v) is 8.89. The van der Waals surface area contributed by atoms with Crippen LogP contribution in [0.1, 0.15) is 15.9 Å². The first kappa shape index (κ1) is 19.3. The number of aromatic hydroxyl groups is 1. The molecule has 0 saturated heterocycles. The minimum Gasteiger partial charge on any atom is -0.508 e. The van der Waals surface area contributed by atoms with Gasteiger partial charge in [-0.25, -0.2) is 18.8 Å². The Morgan fingerprint density at radius 1 is 1.07 bits per heavy atom. The minimum atomic E-state index is -0.818. The van der Waals surface area contributed by atoms with Gasteiger partial charge in [0.15, 0.2) is 0 Å². The Morgan fingerprint density at radius 2 is 1.83 bits per heavy atom. The monoisotopic (exact) mass is 407 g/mol. The van der Waals surface area contributed by atoms with Crippen molar-refractivity contribution in [3.8, 4) is 5.75 Å². The Kier molecular flexibility index (Phi) is 4.97. The first-order valence-electron chi connectivity index (χ1n) is 8.89. The summed E-state index contributed by atoms with van der Waals surface area (Å²) >= 11 is 0. The number of benzene rings is 2. The zero-order valence-corrected chi connectivity index (χ0v) is 15.7. The number of carbonyl (C=O) groups excluding carboxylic acids is 1. The molecule has 0 saturated carbocycles. The normalized spacial score (nSPS) is 11.6. The van der Waals surface area contributed by atoms with Crippen LogP contribution in [0.2, 0.25) is 0 Å². The number of carbonyl (C=O) groups is 1. The standard InChI is InChI=1S/C22H15F2N3O3/c1-12-2-5-20(25-11-12)27-21(29)18-6-13-3-4-17(28)10-19(13)30-22(18)26-16-8-14(23)7-15(24)9-16/h2-11,28H,1H3,(H,25,27,29). The van der Waals surface area contributed by atoms with Gasteiger partial charge in [0.2, 0.25) is 5.55 Å².